The van der Waals surface area contributed by atoms with Crippen molar-refractivity contribution in [1.29, 1.82) is 0 Å². The number of nitrogens with zero attached hydrogens (tertiary/aromatic N) is 2. The third-order valence-corrected chi connectivity index (χ3v) is 5.00. The molecule has 1 aliphatic heterocycles. The van der Waals surface area contributed by atoms with Crippen LogP contribution in [0.25, 0.3) is 0 Å². The fourth-order valence-corrected chi connectivity index (χ4v) is 3.62. The Kier molecular flexibility index (Phi) is 6.45. The molecule has 0 atom stereocenters. The first kappa shape index (κ1) is 21.8. The Morgan fingerprint density at radius 2 is 1.57 bits per heavy atom. The first-order valence-electron chi connectivity index (χ1n) is 9.69. The molecule has 1 aliphatic rings. The van der Waals surface area contributed by atoms with E-state index in [4.69, 9.17) is 0 Å². The first-order valence-corrected chi connectivity index (χ1v) is 9.69. The van der Waals surface area contributed by atoms with Gasteiger partial charge in [0.25, 0.3) is 5.91 Å². The zero-order chi connectivity index (χ0) is 21.9. The molecule has 1 fully saturated rings. The molecule has 0 unspecified atom stereocenters. The van der Waals surface area contributed by atoms with E-state index in [1.165, 1.54) is 18.2 Å². The van der Waals surface area contributed by atoms with Gasteiger partial charge in [0.15, 0.2) is 0 Å². The van der Waals surface area contributed by atoms with Gasteiger partial charge >= 0.3 is 6.18 Å². The van der Waals surface area contributed by atoms with Gasteiger partial charge in [0.1, 0.15) is 0 Å². The normalized spacial score (nSPS) is 15.2. The van der Waals surface area contributed by atoms with Gasteiger partial charge in [-0.25, -0.2) is 0 Å². The number of rotatable bonds is 4. The molecule has 0 aromatic heterocycles. The highest BCUT2D eigenvalue weighted by molar-refractivity contribution is 5.95. The van der Waals surface area contributed by atoms with Crippen molar-refractivity contribution in [2.75, 3.05) is 38.0 Å². The number of para-hydroxylation sites is 1. The molecular formula is C22H24F3N3O2. The Hall–Kier alpha value is -2.87. The van der Waals surface area contributed by atoms with Crippen molar-refractivity contribution in [2.45, 2.75) is 20.0 Å². The molecule has 160 valence electrons. The van der Waals surface area contributed by atoms with E-state index in [1.54, 1.807) is 4.90 Å². The molecule has 30 heavy (non-hydrogen) atoms. The van der Waals surface area contributed by atoms with E-state index in [2.05, 4.69) is 5.32 Å². The average Bonchev–Trinajstić information content (AvgIpc) is 2.67. The van der Waals surface area contributed by atoms with Crippen LogP contribution in [0, 0.1) is 13.8 Å². The number of piperazine rings is 1. The van der Waals surface area contributed by atoms with Gasteiger partial charge in [-0.05, 0) is 38.1 Å². The molecule has 3 rings (SSSR count). The van der Waals surface area contributed by atoms with Crippen molar-refractivity contribution in [3.63, 3.8) is 0 Å². The molecule has 0 bridgehead atoms. The van der Waals surface area contributed by atoms with E-state index in [0.29, 0.717) is 31.7 Å². The molecular weight excluding hydrogens is 395 g/mol. The molecule has 1 saturated heterocycles. The Morgan fingerprint density at radius 1 is 0.967 bits per heavy atom. The smallest absolute Gasteiger partial charge is 0.336 e. The predicted octanol–water partition coefficient (Wildman–Crippen LogP) is 3.72. The third kappa shape index (κ3) is 5.38. The molecule has 2 aromatic rings. The molecule has 8 heteroatoms. The van der Waals surface area contributed by atoms with Crippen LogP contribution in [-0.2, 0) is 11.0 Å². The number of alkyl halides is 3. The largest absolute Gasteiger partial charge is 0.418 e. The van der Waals surface area contributed by atoms with Gasteiger partial charge < -0.3 is 10.2 Å². The van der Waals surface area contributed by atoms with Gasteiger partial charge in [-0.3, -0.25) is 14.5 Å². The van der Waals surface area contributed by atoms with Crippen LogP contribution in [0.5, 0.6) is 0 Å². The van der Waals surface area contributed by atoms with Crippen molar-refractivity contribution in [1.82, 2.24) is 9.80 Å². The lowest BCUT2D eigenvalue weighted by Crippen LogP contribution is -2.50. The lowest BCUT2D eigenvalue weighted by molar-refractivity contribution is -0.137. The van der Waals surface area contributed by atoms with Crippen LogP contribution < -0.4 is 5.32 Å². The summed E-state index contributed by atoms with van der Waals surface area (Å²) >= 11 is 0. The fraction of sp³-hybridized carbons (Fsp3) is 0.364. The van der Waals surface area contributed by atoms with Crippen molar-refractivity contribution in [3.05, 3.63) is 64.7 Å². The second-order valence-electron chi connectivity index (χ2n) is 7.54. The minimum Gasteiger partial charge on any atom is -0.336 e. The minimum atomic E-state index is -4.54. The van der Waals surface area contributed by atoms with Gasteiger partial charge in [-0.15, -0.1) is 0 Å². The van der Waals surface area contributed by atoms with E-state index in [9.17, 15) is 22.8 Å². The van der Waals surface area contributed by atoms with Gasteiger partial charge in [0.2, 0.25) is 5.91 Å². The van der Waals surface area contributed by atoms with Crippen molar-refractivity contribution in [3.8, 4) is 0 Å². The zero-order valence-electron chi connectivity index (χ0n) is 16.9. The van der Waals surface area contributed by atoms with Crippen LogP contribution in [0.15, 0.2) is 42.5 Å². The molecule has 0 aliphatic carbocycles. The van der Waals surface area contributed by atoms with E-state index in [0.717, 1.165) is 17.2 Å². The summed E-state index contributed by atoms with van der Waals surface area (Å²) in [5.74, 6) is -0.564. The van der Waals surface area contributed by atoms with Crippen molar-refractivity contribution in [2.24, 2.45) is 0 Å². The highest BCUT2D eigenvalue weighted by Crippen LogP contribution is 2.34. The predicted molar refractivity (Wildman–Crippen MR) is 108 cm³/mol. The summed E-state index contributed by atoms with van der Waals surface area (Å²) in [7, 11) is 0. The number of nitrogens with one attached hydrogen (secondary N) is 1. The highest BCUT2D eigenvalue weighted by Gasteiger charge is 2.33. The number of aryl methyl sites for hydroxylation is 2. The lowest BCUT2D eigenvalue weighted by atomic mass is 10.1. The summed E-state index contributed by atoms with van der Waals surface area (Å²) in [6.07, 6.45) is -4.54. The molecule has 1 N–H and O–H groups in total. The fourth-order valence-electron chi connectivity index (χ4n) is 3.62. The highest BCUT2D eigenvalue weighted by atomic mass is 19.4. The van der Waals surface area contributed by atoms with Gasteiger partial charge in [0.05, 0.1) is 17.8 Å². The molecule has 2 aromatic carbocycles. The van der Waals surface area contributed by atoms with Crippen LogP contribution in [-0.4, -0.2) is 54.3 Å². The molecule has 1 heterocycles. The number of hydrogen-bond donors (Lipinski definition) is 1. The Labute approximate surface area is 173 Å². The lowest BCUT2D eigenvalue weighted by Gasteiger charge is -2.34. The topological polar surface area (TPSA) is 52.7 Å². The van der Waals surface area contributed by atoms with E-state index in [1.807, 2.05) is 36.9 Å². The summed E-state index contributed by atoms with van der Waals surface area (Å²) in [6.45, 7) is 5.72. The SMILES string of the molecule is Cc1cc(C)cc(C(=O)N2CCN(CC(=O)Nc3ccccc3C(F)(F)F)CC2)c1. The number of halogens is 3. The molecule has 5 nitrogen and oxygen atoms in total. The summed E-state index contributed by atoms with van der Waals surface area (Å²) in [5.41, 5.74) is 1.56. The van der Waals surface area contributed by atoms with Crippen LogP contribution in [0.3, 0.4) is 0 Å². The van der Waals surface area contributed by atoms with E-state index in [-0.39, 0.29) is 18.1 Å². The number of benzene rings is 2. The van der Waals surface area contributed by atoms with Gasteiger partial charge in [-0.2, -0.15) is 13.2 Å². The summed E-state index contributed by atoms with van der Waals surface area (Å²) in [4.78, 5) is 28.6. The summed E-state index contributed by atoms with van der Waals surface area (Å²) < 4.78 is 39.2. The number of carbonyl (C=O) groups is 2. The van der Waals surface area contributed by atoms with Crippen LogP contribution in [0.2, 0.25) is 0 Å². The standard InChI is InChI=1S/C22H24F3N3O2/c1-15-11-16(2)13-17(12-15)21(30)28-9-7-27(8-10-28)14-20(29)26-19-6-4-3-5-18(19)22(23,24)25/h3-6,11-13H,7-10,14H2,1-2H3,(H,26,29). The average molecular weight is 419 g/mol. The van der Waals surface area contributed by atoms with Gasteiger partial charge in [0, 0.05) is 31.7 Å². The Morgan fingerprint density at radius 3 is 2.17 bits per heavy atom. The minimum absolute atomic E-state index is 0.0300. The summed E-state index contributed by atoms with van der Waals surface area (Å²) in [6, 6.07) is 10.6. The molecule has 2 amide bonds. The maximum absolute atomic E-state index is 13.1. The van der Waals surface area contributed by atoms with E-state index < -0.39 is 17.6 Å². The maximum atomic E-state index is 13.1. The number of carbonyl (C=O) groups excluding carboxylic acids is 2. The second kappa shape index (κ2) is 8.87. The number of amides is 2. The van der Waals surface area contributed by atoms with Crippen molar-refractivity contribution >= 4 is 17.5 Å². The number of anilines is 1. The van der Waals surface area contributed by atoms with Crippen LogP contribution >= 0.6 is 0 Å². The van der Waals surface area contributed by atoms with Crippen LogP contribution in [0.4, 0.5) is 18.9 Å². The maximum Gasteiger partial charge on any atom is 0.418 e. The zero-order valence-corrected chi connectivity index (χ0v) is 16.9. The van der Waals surface area contributed by atoms with E-state index >= 15 is 0 Å². The van der Waals surface area contributed by atoms with Gasteiger partial charge in [-0.1, -0.05) is 29.3 Å². The van der Waals surface area contributed by atoms with Crippen molar-refractivity contribution < 1.29 is 22.8 Å². The monoisotopic (exact) mass is 419 g/mol. The Bertz CT molecular complexity index is 915. The first-order chi connectivity index (χ1) is 14.1. The quantitative estimate of drug-likeness (QED) is 0.822. The van der Waals surface area contributed by atoms with Crippen LogP contribution in [0.1, 0.15) is 27.0 Å². The molecule has 0 radical (unpaired) electrons. The molecule has 0 spiro atoms. The molecule has 0 saturated carbocycles. The summed E-state index contributed by atoms with van der Waals surface area (Å²) in [5, 5.41) is 2.36. The Balaban J connectivity index is 1.55. The second-order valence-corrected chi connectivity index (χ2v) is 7.54. The third-order valence-electron chi connectivity index (χ3n) is 5.00. The number of hydrogen-bond acceptors (Lipinski definition) is 3.